The first-order valence-electron chi connectivity index (χ1n) is 4.62. The predicted octanol–water partition coefficient (Wildman–Crippen LogP) is 1.39. The Hall–Kier alpha value is -1.09. The minimum absolute atomic E-state index is 0.434. The van der Waals surface area contributed by atoms with Crippen molar-refractivity contribution in [3.63, 3.8) is 0 Å². The number of ether oxygens (including phenoxy) is 1. The molecule has 1 aromatic heterocycles. The highest BCUT2D eigenvalue weighted by atomic mass is 16.5. The van der Waals surface area contributed by atoms with Crippen molar-refractivity contribution in [1.82, 2.24) is 4.98 Å². The fourth-order valence-corrected chi connectivity index (χ4v) is 1.20. The Morgan fingerprint density at radius 2 is 2.38 bits per heavy atom. The summed E-state index contributed by atoms with van der Waals surface area (Å²) in [6.07, 6.45) is 4.57. The Kier molecular flexibility index (Phi) is 2.19. The molecule has 1 aliphatic carbocycles. The van der Waals surface area contributed by atoms with Gasteiger partial charge in [0.15, 0.2) is 0 Å². The molecule has 0 aliphatic heterocycles. The number of nitrogens with zero attached hydrogens (tertiary/aromatic N) is 1. The van der Waals surface area contributed by atoms with E-state index in [1.807, 2.05) is 13.0 Å². The molecule has 0 spiro atoms. The zero-order valence-electron chi connectivity index (χ0n) is 7.79. The van der Waals surface area contributed by atoms with Gasteiger partial charge in [-0.3, -0.25) is 4.98 Å². The molecule has 1 aromatic rings. The number of nitrogens with two attached hydrogens (primary N) is 1. The van der Waals surface area contributed by atoms with Gasteiger partial charge in [0.25, 0.3) is 0 Å². The van der Waals surface area contributed by atoms with E-state index in [0.717, 1.165) is 17.0 Å². The molecule has 1 aliphatic rings. The van der Waals surface area contributed by atoms with Crippen molar-refractivity contribution in [3.05, 3.63) is 23.5 Å². The molecule has 0 aromatic carbocycles. The SMILES string of the molecule is Cc1cc(CN)ncc1OC1CC1. The first kappa shape index (κ1) is 8.51. The van der Waals surface area contributed by atoms with Gasteiger partial charge in [0.2, 0.25) is 0 Å². The van der Waals surface area contributed by atoms with Crippen molar-refractivity contribution in [1.29, 1.82) is 0 Å². The first-order chi connectivity index (χ1) is 6.29. The van der Waals surface area contributed by atoms with Gasteiger partial charge in [0, 0.05) is 6.54 Å². The summed E-state index contributed by atoms with van der Waals surface area (Å²) in [7, 11) is 0. The number of hydrogen-bond acceptors (Lipinski definition) is 3. The van der Waals surface area contributed by atoms with Crippen molar-refractivity contribution in [2.75, 3.05) is 0 Å². The van der Waals surface area contributed by atoms with E-state index in [1.54, 1.807) is 6.20 Å². The van der Waals surface area contributed by atoms with E-state index in [1.165, 1.54) is 12.8 Å². The third kappa shape index (κ3) is 1.98. The maximum atomic E-state index is 5.65. The van der Waals surface area contributed by atoms with Crippen LogP contribution in [-0.4, -0.2) is 11.1 Å². The molecule has 0 amide bonds. The zero-order valence-corrected chi connectivity index (χ0v) is 7.79. The summed E-state index contributed by atoms with van der Waals surface area (Å²) in [5.41, 5.74) is 7.52. The fourth-order valence-electron chi connectivity index (χ4n) is 1.20. The minimum atomic E-state index is 0.434. The van der Waals surface area contributed by atoms with Crippen molar-refractivity contribution in [3.8, 4) is 5.75 Å². The Morgan fingerprint density at radius 3 is 2.92 bits per heavy atom. The summed E-state index contributed by atoms with van der Waals surface area (Å²) in [5, 5.41) is 0. The van der Waals surface area contributed by atoms with Gasteiger partial charge in [-0.2, -0.15) is 0 Å². The van der Waals surface area contributed by atoms with Crippen LogP contribution < -0.4 is 10.5 Å². The summed E-state index contributed by atoms with van der Waals surface area (Å²) in [5.74, 6) is 0.903. The van der Waals surface area contributed by atoms with Crippen molar-refractivity contribution < 1.29 is 4.74 Å². The summed E-state index contributed by atoms with van der Waals surface area (Å²) >= 11 is 0. The number of hydrogen-bond donors (Lipinski definition) is 1. The van der Waals surface area contributed by atoms with E-state index < -0.39 is 0 Å². The van der Waals surface area contributed by atoms with E-state index in [4.69, 9.17) is 10.5 Å². The molecule has 1 fully saturated rings. The second-order valence-electron chi connectivity index (χ2n) is 3.46. The molecule has 0 bridgehead atoms. The number of pyridine rings is 1. The smallest absolute Gasteiger partial charge is 0.140 e. The molecule has 2 N–H and O–H groups in total. The van der Waals surface area contributed by atoms with E-state index in [0.29, 0.717) is 12.6 Å². The van der Waals surface area contributed by atoms with Gasteiger partial charge in [0.05, 0.1) is 18.0 Å². The van der Waals surface area contributed by atoms with Gasteiger partial charge in [-0.25, -0.2) is 0 Å². The normalized spacial score (nSPS) is 15.8. The van der Waals surface area contributed by atoms with Crippen molar-refractivity contribution in [2.45, 2.75) is 32.4 Å². The molecule has 0 atom stereocenters. The molecule has 2 rings (SSSR count). The second-order valence-corrected chi connectivity index (χ2v) is 3.46. The summed E-state index contributed by atoms with van der Waals surface area (Å²) in [6.45, 7) is 2.52. The maximum absolute atomic E-state index is 5.65. The third-order valence-corrected chi connectivity index (χ3v) is 2.15. The lowest BCUT2D eigenvalue weighted by Gasteiger charge is -2.07. The van der Waals surface area contributed by atoms with Crippen molar-refractivity contribution in [2.24, 2.45) is 5.73 Å². The van der Waals surface area contributed by atoms with Crippen LogP contribution in [-0.2, 0) is 6.54 Å². The topological polar surface area (TPSA) is 48.1 Å². The minimum Gasteiger partial charge on any atom is -0.489 e. The Balaban J connectivity index is 2.15. The van der Waals surface area contributed by atoms with Crippen LogP contribution in [0.5, 0.6) is 5.75 Å². The van der Waals surface area contributed by atoms with E-state index in [9.17, 15) is 0 Å². The molecule has 1 heterocycles. The van der Waals surface area contributed by atoms with E-state index >= 15 is 0 Å². The lowest BCUT2D eigenvalue weighted by Crippen LogP contribution is -2.03. The van der Waals surface area contributed by atoms with E-state index in [-0.39, 0.29) is 0 Å². The van der Waals surface area contributed by atoms with Crippen LogP contribution in [0.25, 0.3) is 0 Å². The van der Waals surface area contributed by atoms with Crippen LogP contribution in [0.4, 0.5) is 0 Å². The average molecular weight is 178 g/mol. The standard InChI is InChI=1S/C10H14N2O/c1-7-4-8(5-11)12-6-10(7)13-9-2-3-9/h4,6,9H,2-3,5,11H2,1H3. The fraction of sp³-hybridized carbons (Fsp3) is 0.500. The van der Waals surface area contributed by atoms with Gasteiger partial charge < -0.3 is 10.5 Å². The summed E-state index contributed by atoms with van der Waals surface area (Å²) in [4.78, 5) is 4.19. The maximum Gasteiger partial charge on any atom is 0.140 e. The lowest BCUT2D eigenvalue weighted by atomic mass is 10.2. The van der Waals surface area contributed by atoms with Crippen LogP contribution in [0.2, 0.25) is 0 Å². The quantitative estimate of drug-likeness (QED) is 0.760. The van der Waals surface area contributed by atoms with Gasteiger partial charge in [-0.1, -0.05) is 0 Å². The van der Waals surface area contributed by atoms with Crippen molar-refractivity contribution >= 4 is 0 Å². The first-order valence-corrected chi connectivity index (χ1v) is 4.62. The second kappa shape index (κ2) is 3.34. The van der Waals surface area contributed by atoms with Gasteiger partial charge in [-0.15, -0.1) is 0 Å². The van der Waals surface area contributed by atoms with E-state index in [2.05, 4.69) is 4.98 Å². The highest BCUT2D eigenvalue weighted by Gasteiger charge is 2.24. The van der Waals surface area contributed by atoms with Gasteiger partial charge in [-0.05, 0) is 31.4 Å². The predicted molar refractivity (Wildman–Crippen MR) is 50.5 cm³/mol. The third-order valence-electron chi connectivity index (χ3n) is 2.15. The summed E-state index contributed by atoms with van der Waals surface area (Å²) < 4.78 is 5.65. The molecule has 70 valence electrons. The number of aromatic nitrogens is 1. The molecule has 1 saturated carbocycles. The summed E-state index contributed by atoms with van der Waals surface area (Å²) in [6, 6.07) is 1.98. The van der Waals surface area contributed by atoms with Crippen LogP contribution in [0.15, 0.2) is 12.3 Å². The molecular weight excluding hydrogens is 164 g/mol. The Bertz CT molecular complexity index is 308. The molecule has 3 heteroatoms. The molecule has 0 unspecified atom stereocenters. The Morgan fingerprint density at radius 1 is 1.62 bits per heavy atom. The van der Waals surface area contributed by atoms with Crippen LogP contribution in [0.3, 0.4) is 0 Å². The largest absolute Gasteiger partial charge is 0.489 e. The monoisotopic (exact) mass is 178 g/mol. The van der Waals surface area contributed by atoms with Gasteiger partial charge >= 0.3 is 0 Å². The van der Waals surface area contributed by atoms with Crippen LogP contribution in [0, 0.1) is 6.92 Å². The Labute approximate surface area is 77.9 Å². The van der Waals surface area contributed by atoms with Crippen LogP contribution >= 0.6 is 0 Å². The number of aryl methyl sites for hydroxylation is 1. The highest BCUT2D eigenvalue weighted by molar-refractivity contribution is 5.31. The number of rotatable bonds is 3. The molecule has 13 heavy (non-hydrogen) atoms. The molecule has 0 radical (unpaired) electrons. The lowest BCUT2D eigenvalue weighted by molar-refractivity contribution is 0.299. The van der Waals surface area contributed by atoms with Gasteiger partial charge in [0.1, 0.15) is 5.75 Å². The van der Waals surface area contributed by atoms with Crippen LogP contribution in [0.1, 0.15) is 24.1 Å². The molecule has 3 nitrogen and oxygen atoms in total. The average Bonchev–Trinajstić information content (AvgIpc) is 2.92. The highest BCUT2D eigenvalue weighted by Crippen LogP contribution is 2.28. The zero-order chi connectivity index (χ0) is 9.26. The molecule has 0 saturated heterocycles. The molecular formula is C10H14N2O.